The molecule has 224 valence electrons. The highest BCUT2D eigenvalue weighted by atomic mass is 16.5. The van der Waals surface area contributed by atoms with Gasteiger partial charge >= 0.3 is 5.97 Å². The molecule has 0 fully saturated rings. The van der Waals surface area contributed by atoms with Gasteiger partial charge in [0.05, 0.1) is 20.2 Å². The Morgan fingerprint density at radius 1 is 0.854 bits per heavy atom. The normalized spacial score (nSPS) is 23.0. The lowest BCUT2D eigenvalue weighted by molar-refractivity contribution is -0.138. The number of benzene rings is 1. The second-order valence-corrected chi connectivity index (χ2v) is 10.4. The SMILES string of the molecule is COC(=O)/C1=C/N[C@@H](C(C)C)C(=O)NCC(=O)N[C@@H](CC(C)C)C(=O)N[C@@H](Cc2ccccc2)C(=O)NCC(=O)N1. The van der Waals surface area contributed by atoms with Crippen LogP contribution >= 0.6 is 0 Å². The summed E-state index contributed by atoms with van der Waals surface area (Å²) in [5.41, 5.74) is 0.461. The lowest BCUT2D eigenvalue weighted by atomic mass is 10.0. The second-order valence-electron chi connectivity index (χ2n) is 10.4. The van der Waals surface area contributed by atoms with Gasteiger partial charge in [0, 0.05) is 12.6 Å². The van der Waals surface area contributed by atoms with E-state index in [-0.39, 0.29) is 30.4 Å². The van der Waals surface area contributed by atoms with Crippen LogP contribution in [0.2, 0.25) is 0 Å². The summed E-state index contributed by atoms with van der Waals surface area (Å²) in [6, 6.07) is 6.04. The van der Waals surface area contributed by atoms with Crippen LogP contribution in [0, 0.1) is 11.8 Å². The number of rotatable bonds is 6. The van der Waals surface area contributed by atoms with E-state index in [1.54, 1.807) is 38.1 Å². The maximum Gasteiger partial charge on any atom is 0.356 e. The molecule has 0 saturated heterocycles. The van der Waals surface area contributed by atoms with Crippen molar-refractivity contribution < 1.29 is 33.5 Å². The molecule has 2 rings (SSSR count). The number of nitrogens with one attached hydrogen (secondary N) is 6. The highest BCUT2D eigenvalue weighted by Crippen LogP contribution is 2.09. The Labute approximate surface area is 239 Å². The smallest absolute Gasteiger partial charge is 0.356 e. The third-order valence-electron chi connectivity index (χ3n) is 6.16. The summed E-state index contributed by atoms with van der Waals surface area (Å²) in [6.45, 7) is 6.33. The van der Waals surface area contributed by atoms with Crippen LogP contribution < -0.4 is 31.9 Å². The highest BCUT2D eigenvalue weighted by Gasteiger charge is 2.29. The first-order valence-electron chi connectivity index (χ1n) is 13.4. The number of ether oxygens (including phenoxy) is 1. The van der Waals surface area contributed by atoms with Crippen molar-refractivity contribution in [3.63, 3.8) is 0 Å². The van der Waals surface area contributed by atoms with Gasteiger partial charge in [0.1, 0.15) is 23.8 Å². The van der Waals surface area contributed by atoms with E-state index in [2.05, 4.69) is 31.9 Å². The first-order valence-corrected chi connectivity index (χ1v) is 13.4. The second kappa shape index (κ2) is 16.0. The van der Waals surface area contributed by atoms with E-state index in [1.165, 1.54) is 0 Å². The molecule has 0 bridgehead atoms. The topological polar surface area (TPSA) is 184 Å². The average molecular weight is 573 g/mol. The molecule has 1 aromatic rings. The molecule has 13 nitrogen and oxygen atoms in total. The number of carbonyl (C=O) groups excluding carboxylic acids is 6. The zero-order valence-electron chi connectivity index (χ0n) is 24.0. The van der Waals surface area contributed by atoms with Gasteiger partial charge in [-0.3, -0.25) is 24.0 Å². The zero-order valence-corrected chi connectivity index (χ0v) is 24.0. The molecule has 0 aromatic heterocycles. The summed E-state index contributed by atoms with van der Waals surface area (Å²) in [5, 5.41) is 15.5. The van der Waals surface area contributed by atoms with Crippen LogP contribution in [0.25, 0.3) is 0 Å². The maximum absolute atomic E-state index is 13.3. The summed E-state index contributed by atoms with van der Waals surface area (Å²) in [6.07, 6.45) is 1.53. The van der Waals surface area contributed by atoms with Crippen molar-refractivity contribution in [3.8, 4) is 0 Å². The van der Waals surface area contributed by atoms with Crippen molar-refractivity contribution in [2.75, 3.05) is 20.2 Å². The lowest BCUT2D eigenvalue weighted by Gasteiger charge is -2.25. The largest absolute Gasteiger partial charge is 0.464 e. The van der Waals surface area contributed by atoms with Gasteiger partial charge in [-0.2, -0.15) is 0 Å². The van der Waals surface area contributed by atoms with E-state index in [0.29, 0.717) is 0 Å². The Balaban J connectivity index is 2.41. The molecule has 0 saturated carbocycles. The fourth-order valence-corrected chi connectivity index (χ4v) is 4.04. The van der Waals surface area contributed by atoms with Crippen LogP contribution in [0.3, 0.4) is 0 Å². The number of esters is 1. The number of hydrogen-bond donors (Lipinski definition) is 6. The van der Waals surface area contributed by atoms with Crippen molar-refractivity contribution in [2.45, 2.75) is 58.7 Å². The van der Waals surface area contributed by atoms with Gasteiger partial charge in [0.15, 0.2) is 0 Å². The van der Waals surface area contributed by atoms with Crippen LogP contribution in [0.5, 0.6) is 0 Å². The molecular weight excluding hydrogens is 532 g/mol. The molecule has 1 heterocycles. The Morgan fingerprint density at radius 2 is 1.49 bits per heavy atom. The molecule has 3 atom stereocenters. The quantitative estimate of drug-likeness (QED) is 0.240. The molecule has 1 aliphatic rings. The number of carbonyl (C=O) groups is 6. The van der Waals surface area contributed by atoms with E-state index in [0.717, 1.165) is 18.9 Å². The van der Waals surface area contributed by atoms with Crippen LogP contribution in [0.1, 0.15) is 39.7 Å². The fourth-order valence-electron chi connectivity index (χ4n) is 4.04. The molecular formula is C28H40N6O7. The van der Waals surface area contributed by atoms with E-state index in [1.807, 2.05) is 19.9 Å². The molecule has 41 heavy (non-hydrogen) atoms. The first kappa shape index (κ1) is 32.8. The predicted octanol–water partition coefficient (Wildman–Crippen LogP) is -0.764. The number of amides is 5. The van der Waals surface area contributed by atoms with Gasteiger partial charge in [-0.15, -0.1) is 0 Å². The van der Waals surface area contributed by atoms with Crippen molar-refractivity contribution in [3.05, 3.63) is 47.8 Å². The number of methoxy groups -OCH3 is 1. The molecule has 1 aliphatic heterocycles. The molecule has 5 amide bonds. The summed E-state index contributed by atoms with van der Waals surface area (Å²) in [5.74, 6) is -4.24. The van der Waals surface area contributed by atoms with Crippen LogP contribution in [0.15, 0.2) is 42.2 Å². The third kappa shape index (κ3) is 10.9. The standard InChI is InChI=1S/C28H40N6O7/c1-16(2)11-19-26(38)34-20(12-18-9-7-6-8-10-18)25(37)30-14-23(36)33-21(28(40)41-5)13-29-24(17(3)4)27(39)31-15-22(35)32-19/h6-10,13,16-17,19-20,24,29H,11-12,14-15H2,1-5H3,(H,30,37)(H,31,39)(H,32,35)(H,33,36)(H,34,38)/b21-13-/t19-,20-,24-/m0/s1. The van der Waals surface area contributed by atoms with Gasteiger partial charge in [-0.1, -0.05) is 58.0 Å². The summed E-state index contributed by atoms with van der Waals surface area (Å²) in [4.78, 5) is 77.0. The summed E-state index contributed by atoms with van der Waals surface area (Å²) in [7, 11) is 1.12. The molecule has 0 unspecified atom stereocenters. The van der Waals surface area contributed by atoms with Crippen molar-refractivity contribution >= 4 is 35.5 Å². The Hall–Kier alpha value is -4.42. The summed E-state index contributed by atoms with van der Waals surface area (Å²) >= 11 is 0. The van der Waals surface area contributed by atoms with Crippen LogP contribution in [0.4, 0.5) is 0 Å². The maximum atomic E-state index is 13.3. The lowest BCUT2D eigenvalue weighted by Crippen LogP contribution is -2.56. The average Bonchev–Trinajstić information content (AvgIpc) is 2.92. The minimum absolute atomic E-state index is 0.0221. The van der Waals surface area contributed by atoms with Crippen LogP contribution in [-0.2, 0) is 39.9 Å². The number of hydrogen-bond acceptors (Lipinski definition) is 8. The minimum Gasteiger partial charge on any atom is -0.464 e. The van der Waals surface area contributed by atoms with E-state index in [9.17, 15) is 28.8 Å². The van der Waals surface area contributed by atoms with Gasteiger partial charge in [-0.25, -0.2) is 4.79 Å². The van der Waals surface area contributed by atoms with Gasteiger partial charge in [0.2, 0.25) is 29.5 Å². The molecule has 0 aliphatic carbocycles. The van der Waals surface area contributed by atoms with E-state index in [4.69, 9.17) is 4.74 Å². The molecule has 0 radical (unpaired) electrons. The monoisotopic (exact) mass is 572 g/mol. The third-order valence-corrected chi connectivity index (χ3v) is 6.16. The van der Waals surface area contributed by atoms with E-state index < -0.39 is 66.7 Å². The Morgan fingerprint density at radius 3 is 2.10 bits per heavy atom. The Kier molecular flexibility index (Phi) is 12.8. The summed E-state index contributed by atoms with van der Waals surface area (Å²) < 4.78 is 4.71. The molecule has 13 heteroatoms. The highest BCUT2D eigenvalue weighted by molar-refractivity contribution is 5.97. The molecule has 6 N–H and O–H groups in total. The minimum atomic E-state index is -1.08. The molecule has 0 spiro atoms. The van der Waals surface area contributed by atoms with Crippen molar-refractivity contribution in [1.82, 2.24) is 31.9 Å². The fraction of sp³-hybridized carbons (Fsp3) is 0.500. The molecule has 1 aromatic carbocycles. The van der Waals surface area contributed by atoms with Gasteiger partial charge < -0.3 is 36.6 Å². The van der Waals surface area contributed by atoms with Crippen LogP contribution in [-0.4, -0.2) is 73.8 Å². The predicted molar refractivity (Wildman–Crippen MR) is 149 cm³/mol. The van der Waals surface area contributed by atoms with Crippen molar-refractivity contribution in [1.29, 1.82) is 0 Å². The Bertz CT molecular complexity index is 1140. The first-order chi connectivity index (χ1) is 19.4. The van der Waals surface area contributed by atoms with Crippen molar-refractivity contribution in [2.24, 2.45) is 11.8 Å². The van der Waals surface area contributed by atoms with Gasteiger partial charge in [-0.05, 0) is 23.8 Å². The van der Waals surface area contributed by atoms with Gasteiger partial charge in [0.25, 0.3) is 0 Å². The zero-order chi connectivity index (χ0) is 30.5. The van der Waals surface area contributed by atoms with E-state index >= 15 is 0 Å².